The molecule has 0 saturated carbocycles. The van der Waals surface area contributed by atoms with Crippen LogP contribution < -0.4 is 20.7 Å². The van der Waals surface area contributed by atoms with E-state index in [9.17, 15) is 4.39 Å². The molecule has 4 nitrogen and oxygen atoms in total. The number of nitrogens with one attached hydrogen (secondary N) is 1. The summed E-state index contributed by atoms with van der Waals surface area (Å²) < 4.78 is 24.5. The van der Waals surface area contributed by atoms with E-state index >= 15 is 0 Å². The number of benzene rings is 2. The highest BCUT2D eigenvalue weighted by Gasteiger charge is 2.17. The Morgan fingerprint density at radius 3 is 2.52 bits per heavy atom. The standard InChI is InChI=1S/C16H19FN2O2/c1-20-12-7-8-13(14(17)10-12)15(19-18)9-11-5-3-4-6-16(11)21-2/h3-8,10,15,19H,9,18H2,1-2H3. The van der Waals surface area contributed by atoms with E-state index < -0.39 is 0 Å². The normalized spacial score (nSPS) is 12.0. The quantitative estimate of drug-likeness (QED) is 0.634. The minimum absolute atomic E-state index is 0.354. The zero-order valence-electron chi connectivity index (χ0n) is 12.1. The highest BCUT2D eigenvalue weighted by molar-refractivity contribution is 5.36. The Balaban J connectivity index is 2.28. The van der Waals surface area contributed by atoms with Gasteiger partial charge in [0.15, 0.2) is 0 Å². The lowest BCUT2D eigenvalue weighted by atomic mass is 9.98. The average molecular weight is 290 g/mol. The van der Waals surface area contributed by atoms with Crippen molar-refractivity contribution in [1.82, 2.24) is 5.43 Å². The lowest BCUT2D eigenvalue weighted by Gasteiger charge is -2.19. The molecule has 3 N–H and O–H groups in total. The smallest absolute Gasteiger partial charge is 0.131 e. The molecule has 0 radical (unpaired) electrons. The van der Waals surface area contributed by atoms with Gasteiger partial charge in [-0.3, -0.25) is 11.3 Å². The van der Waals surface area contributed by atoms with E-state index in [1.807, 2.05) is 24.3 Å². The van der Waals surface area contributed by atoms with Crippen LogP contribution in [0.4, 0.5) is 4.39 Å². The topological polar surface area (TPSA) is 56.5 Å². The van der Waals surface area contributed by atoms with Crippen molar-refractivity contribution >= 4 is 0 Å². The second kappa shape index (κ2) is 7.06. The Labute approximate surface area is 123 Å². The predicted octanol–water partition coefficient (Wildman–Crippen LogP) is 2.59. The zero-order valence-corrected chi connectivity index (χ0v) is 12.1. The largest absolute Gasteiger partial charge is 0.497 e. The van der Waals surface area contributed by atoms with Gasteiger partial charge in [0.2, 0.25) is 0 Å². The minimum Gasteiger partial charge on any atom is -0.497 e. The molecule has 0 fully saturated rings. The van der Waals surface area contributed by atoms with Gasteiger partial charge in [-0.05, 0) is 24.1 Å². The van der Waals surface area contributed by atoms with Gasteiger partial charge >= 0.3 is 0 Å². The first kappa shape index (κ1) is 15.3. The SMILES string of the molecule is COc1ccc(C(Cc2ccccc2OC)NN)c(F)c1. The first-order valence-corrected chi connectivity index (χ1v) is 6.61. The van der Waals surface area contributed by atoms with E-state index in [-0.39, 0.29) is 11.9 Å². The Morgan fingerprint density at radius 1 is 1.14 bits per heavy atom. The summed E-state index contributed by atoms with van der Waals surface area (Å²) >= 11 is 0. The number of hydrazine groups is 1. The van der Waals surface area contributed by atoms with E-state index in [0.717, 1.165) is 11.3 Å². The first-order valence-electron chi connectivity index (χ1n) is 6.61. The third-order valence-corrected chi connectivity index (χ3v) is 3.40. The predicted molar refractivity (Wildman–Crippen MR) is 79.7 cm³/mol. The second-order valence-corrected chi connectivity index (χ2v) is 4.62. The lowest BCUT2D eigenvalue weighted by Crippen LogP contribution is -2.30. The molecule has 21 heavy (non-hydrogen) atoms. The van der Waals surface area contributed by atoms with Gasteiger partial charge in [-0.15, -0.1) is 0 Å². The van der Waals surface area contributed by atoms with E-state index in [0.29, 0.717) is 17.7 Å². The summed E-state index contributed by atoms with van der Waals surface area (Å²) in [6.45, 7) is 0. The maximum atomic E-state index is 14.2. The van der Waals surface area contributed by atoms with Crippen LogP contribution in [0, 0.1) is 5.82 Å². The maximum Gasteiger partial charge on any atom is 0.131 e. The summed E-state index contributed by atoms with van der Waals surface area (Å²) in [5, 5.41) is 0. The molecule has 0 aliphatic rings. The minimum atomic E-state index is -0.354. The number of ether oxygens (including phenoxy) is 2. The van der Waals surface area contributed by atoms with Gasteiger partial charge in [0.1, 0.15) is 17.3 Å². The van der Waals surface area contributed by atoms with Crippen molar-refractivity contribution < 1.29 is 13.9 Å². The molecule has 0 spiro atoms. The van der Waals surface area contributed by atoms with Gasteiger partial charge in [-0.1, -0.05) is 24.3 Å². The molecule has 0 aromatic heterocycles. The molecule has 0 aliphatic heterocycles. The molecule has 2 aromatic rings. The fraction of sp³-hybridized carbons (Fsp3) is 0.250. The molecule has 0 aliphatic carbocycles. The van der Waals surface area contributed by atoms with Crippen LogP contribution >= 0.6 is 0 Å². The van der Waals surface area contributed by atoms with Crippen LogP contribution in [-0.4, -0.2) is 14.2 Å². The van der Waals surface area contributed by atoms with Gasteiger partial charge in [0.25, 0.3) is 0 Å². The van der Waals surface area contributed by atoms with Crippen molar-refractivity contribution in [3.63, 3.8) is 0 Å². The third kappa shape index (κ3) is 3.51. The third-order valence-electron chi connectivity index (χ3n) is 3.40. The molecule has 0 heterocycles. The Hall–Kier alpha value is -2.11. The van der Waals surface area contributed by atoms with Crippen molar-refractivity contribution in [3.05, 3.63) is 59.4 Å². The number of rotatable bonds is 6. The fourth-order valence-corrected chi connectivity index (χ4v) is 2.27. The number of methoxy groups -OCH3 is 2. The fourth-order valence-electron chi connectivity index (χ4n) is 2.27. The van der Waals surface area contributed by atoms with Crippen molar-refractivity contribution in [2.24, 2.45) is 5.84 Å². The van der Waals surface area contributed by atoms with Gasteiger partial charge in [-0.25, -0.2) is 4.39 Å². The molecule has 1 atom stereocenters. The molecular formula is C16H19FN2O2. The van der Waals surface area contributed by atoms with Crippen LogP contribution in [0.1, 0.15) is 17.2 Å². The molecule has 1 unspecified atom stereocenters. The number of nitrogens with two attached hydrogens (primary N) is 1. The van der Waals surface area contributed by atoms with Crippen LogP contribution in [0.25, 0.3) is 0 Å². The van der Waals surface area contributed by atoms with Crippen molar-refractivity contribution in [3.8, 4) is 11.5 Å². The number of hydrogen-bond donors (Lipinski definition) is 2. The molecule has 0 amide bonds. The summed E-state index contributed by atoms with van der Waals surface area (Å²) in [6.07, 6.45) is 0.518. The van der Waals surface area contributed by atoms with Crippen LogP contribution in [0.3, 0.4) is 0 Å². The molecule has 2 rings (SSSR count). The van der Waals surface area contributed by atoms with Crippen molar-refractivity contribution in [1.29, 1.82) is 0 Å². The van der Waals surface area contributed by atoms with E-state index in [2.05, 4.69) is 5.43 Å². The van der Waals surface area contributed by atoms with Crippen LogP contribution in [0.5, 0.6) is 11.5 Å². The molecule has 0 saturated heterocycles. The average Bonchev–Trinajstić information content (AvgIpc) is 2.53. The second-order valence-electron chi connectivity index (χ2n) is 4.62. The molecule has 112 valence electrons. The monoisotopic (exact) mass is 290 g/mol. The molecule has 5 heteroatoms. The Bertz CT molecular complexity index is 605. The molecule has 2 aromatic carbocycles. The number of para-hydroxylation sites is 1. The van der Waals surface area contributed by atoms with E-state index in [1.54, 1.807) is 19.2 Å². The van der Waals surface area contributed by atoms with Crippen molar-refractivity contribution in [2.45, 2.75) is 12.5 Å². The zero-order chi connectivity index (χ0) is 15.2. The van der Waals surface area contributed by atoms with Crippen molar-refractivity contribution in [2.75, 3.05) is 14.2 Å². The highest BCUT2D eigenvalue weighted by atomic mass is 19.1. The van der Waals surface area contributed by atoms with Gasteiger partial charge < -0.3 is 9.47 Å². The van der Waals surface area contributed by atoms with Crippen LogP contribution in [-0.2, 0) is 6.42 Å². The summed E-state index contributed by atoms with van der Waals surface area (Å²) in [5.41, 5.74) is 4.11. The van der Waals surface area contributed by atoms with Gasteiger partial charge in [0.05, 0.1) is 20.3 Å². The van der Waals surface area contributed by atoms with Crippen LogP contribution in [0.2, 0.25) is 0 Å². The van der Waals surface area contributed by atoms with E-state index in [1.165, 1.54) is 13.2 Å². The summed E-state index contributed by atoms with van der Waals surface area (Å²) in [6, 6.07) is 12.0. The van der Waals surface area contributed by atoms with Crippen LogP contribution in [0.15, 0.2) is 42.5 Å². The van der Waals surface area contributed by atoms with Gasteiger partial charge in [0, 0.05) is 11.6 Å². The maximum absolute atomic E-state index is 14.2. The van der Waals surface area contributed by atoms with E-state index in [4.69, 9.17) is 15.3 Å². The molecular weight excluding hydrogens is 271 g/mol. The highest BCUT2D eigenvalue weighted by Crippen LogP contribution is 2.27. The van der Waals surface area contributed by atoms with Gasteiger partial charge in [-0.2, -0.15) is 0 Å². The summed E-state index contributed by atoms with van der Waals surface area (Å²) in [4.78, 5) is 0. The number of hydrogen-bond acceptors (Lipinski definition) is 4. The lowest BCUT2D eigenvalue weighted by molar-refractivity contribution is 0.402. The summed E-state index contributed by atoms with van der Waals surface area (Å²) in [7, 11) is 3.11. The Morgan fingerprint density at radius 2 is 1.90 bits per heavy atom. The number of halogens is 1. The Kier molecular flexibility index (Phi) is 5.14. The first-order chi connectivity index (χ1) is 10.2. The molecule has 0 bridgehead atoms. The summed E-state index contributed by atoms with van der Waals surface area (Å²) in [5.74, 6) is 6.47.